The Bertz CT molecular complexity index is 690. The zero-order valence-corrected chi connectivity index (χ0v) is 14.9. The maximum atomic E-state index is 12.4. The lowest BCUT2D eigenvalue weighted by Gasteiger charge is -2.56. The molecule has 134 valence electrons. The summed E-state index contributed by atoms with van der Waals surface area (Å²) in [6.07, 6.45) is 7.81. The van der Waals surface area contributed by atoms with Crippen LogP contribution in [-0.2, 0) is 0 Å². The van der Waals surface area contributed by atoms with Crippen molar-refractivity contribution in [2.24, 2.45) is 28.3 Å². The van der Waals surface area contributed by atoms with Crippen LogP contribution in [0.1, 0.15) is 55.8 Å². The SMILES string of the molecule is COc1cccc(C(=O)NN=C(C)C23CC4CC(CC(C4)C2)C3)c1O. The van der Waals surface area contributed by atoms with E-state index in [-0.39, 0.29) is 22.5 Å². The number of para-hydroxylation sites is 1. The minimum atomic E-state index is -0.402. The lowest BCUT2D eigenvalue weighted by atomic mass is 9.48. The van der Waals surface area contributed by atoms with Gasteiger partial charge < -0.3 is 9.84 Å². The molecule has 0 saturated heterocycles. The van der Waals surface area contributed by atoms with E-state index in [0.29, 0.717) is 0 Å². The summed E-state index contributed by atoms with van der Waals surface area (Å²) in [7, 11) is 1.46. The Kier molecular flexibility index (Phi) is 3.97. The molecule has 4 fully saturated rings. The van der Waals surface area contributed by atoms with E-state index in [4.69, 9.17) is 4.74 Å². The molecule has 4 aliphatic rings. The van der Waals surface area contributed by atoms with Gasteiger partial charge in [-0.2, -0.15) is 5.10 Å². The third-order valence-corrected chi connectivity index (χ3v) is 6.59. The molecule has 0 radical (unpaired) electrons. The molecule has 4 saturated carbocycles. The number of hydrogen-bond donors (Lipinski definition) is 2. The van der Waals surface area contributed by atoms with E-state index < -0.39 is 5.91 Å². The molecule has 25 heavy (non-hydrogen) atoms. The van der Waals surface area contributed by atoms with Gasteiger partial charge in [0, 0.05) is 11.1 Å². The van der Waals surface area contributed by atoms with E-state index in [9.17, 15) is 9.90 Å². The second-order valence-electron chi connectivity index (χ2n) is 8.19. The number of rotatable bonds is 4. The second-order valence-corrected chi connectivity index (χ2v) is 8.19. The standard InChI is InChI=1S/C20H26N2O3/c1-12(20-9-13-6-14(10-20)8-15(7-13)11-20)21-22-19(24)16-4-3-5-17(25-2)18(16)23/h3-5,13-15,23H,6-11H2,1-2H3,(H,22,24). The number of ether oxygens (including phenoxy) is 1. The Morgan fingerprint density at radius 1 is 1.20 bits per heavy atom. The number of benzene rings is 1. The number of aromatic hydroxyl groups is 1. The Hall–Kier alpha value is -2.04. The van der Waals surface area contributed by atoms with Gasteiger partial charge >= 0.3 is 0 Å². The fourth-order valence-corrected chi connectivity index (χ4v) is 5.74. The highest BCUT2D eigenvalue weighted by Gasteiger charge is 2.52. The van der Waals surface area contributed by atoms with E-state index in [1.807, 2.05) is 0 Å². The number of carbonyl (C=O) groups excluding carboxylic acids is 1. The highest BCUT2D eigenvalue weighted by atomic mass is 16.5. The van der Waals surface area contributed by atoms with Gasteiger partial charge in [0.25, 0.3) is 5.91 Å². The number of carbonyl (C=O) groups is 1. The van der Waals surface area contributed by atoms with E-state index in [2.05, 4.69) is 17.5 Å². The zero-order chi connectivity index (χ0) is 17.6. The first kappa shape index (κ1) is 16.4. The van der Waals surface area contributed by atoms with Crippen LogP contribution in [-0.4, -0.2) is 23.8 Å². The Morgan fingerprint density at radius 3 is 2.36 bits per heavy atom. The van der Waals surface area contributed by atoms with Crippen molar-refractivity contribution in [2.75, 3.05) is 7.11 Å². The first-order valence-electron chi connectivity index (χ1n) is 9.22. The average molecular weight is 342 g/mol. The van der Waals surface area contributed by atoms with Gasteiger partial charge in [-0.1, -0.05) is 6.07 Å². The topological polar surface area (TPSA) is 70.9 Å². The fourth-order valence-electron chi connectivity index (χ4n) is 5.74. The summed E-state index contributed by atoms with van der Waals surface area (Å²) in [6, 6.07) is 4.88. The molecule has 0 unspecified atom stereocenters. The van der Waals surface area contributed by atoms with Crippen molar-refractivity contribution in [3.05, 3.63) is 23.8 Å². The number of amides is 1. The van der Waals surface area contributed by atoms with Crippen LogP contribution in [0.5, 0.6) is 11.5 Å². The number of hydrazone groups is 1. The van der Waals surface area contributed by atoms with Crippen LogP contribution in [0.15, 0.2) is 23.3 Å². The number of methoxy groups -OCH3 is 1. The number of phenolic OH excluding ortho intramolecular Hbond substituents is 1. The zero-order valence-electron chi connectivity index (χ0n) is 14.9. The Balaban J connectivity index is 1.51. The molecule has 2 N–H and O–H groups in total. The van der Waals surface area contributed by atoms with Crippen LogP contribution in [0.25, 0.3) is 0 Å². The molecule has 0 spiro atoms. The normalized spacial score (nSPS) is 33.4. The summed E-state index contributed by atoms with van der Waals surface area (Å²) in [5.74, 6) is 2.26. The molecule has 0 heterocycles. The predicted octanol–water partition coefficient (Wildman–Crippen LogP) is 3.72. The number of nitrogens with one attached hydrogen (secondary N) is 1. The molecular formula is C20H26N2O3. The molecule has 5 rings (SSSR count). The highest BCUT2D eigenvalue weighted by Crippen LogP contribution is 2.60. The molecule has 0 atom stereocenters. The minimum absolute atomic E-state index is 0.148. The molecule has 1 aromatic carbocycles. The molecule has 1 aromatic rings. The van der Waals surface area contributed by atoms with Crippen molar-refractivity contribution in [1.29, 1.82) is 0 Å². The van der Waals surface area contributed by atoms with Crippen LogP contribution < -0.4 is 10.2 Å². The molecular weight excluding hydrogens is 316 g/mol. The molecule has 0 aromatic heterocycles. The van der Waals surface area contributed by atoms with Gasteiger partial charge in [0.2, 0.25) is 0 Å². The van der Waals surface area contributed by atoms with Gasteiger partial charge in [0.15, 0.2) is 11.5 Å². The van der Waals surface area contributed by atoms with Gasteiger partial charge in [-0.15, -0.1) is 0 Å². The van der Waals surface area contributed by atoms with Crippen LogP contribution in [0.3, 0.4) is 0 Å². The summed E-state index contributed by atoms with van der Waals surface area (Å²) < 4.78 is 5.06. The lowest BCUT2D eigenvalue weighted by molar-refractivity contribution is -0.0128. The maximum absolute atomic E-state index is 12.4. The van der Waals surface area contributed by atoms with E-state index in [1.165, 1.54) is 45.6 Å². The second kappa shape index (κ2) is 6.04. The van der Waals surface area contributed by atoms with Crippen LogP contribution in [0, 0.1) is 23.2 Å². The third kappa shape index (κ3) is 2.79. The Labute approximate surface area is 148 Å². The van der Waals surface area contributed by atoms with Crippen molar-refractivity contribution < 1.29 is 14.6 Å². The van der Waals surface area contributed by atoms with Gasteiger partial charge in [0.1, 0.15) is 0 Å². The monoisotopic (exact) mass is 342 g/mol. The first-order valence-corrected chi connectivity index (χ1v) is 9.22. The van der Waals surface area contributed by atoms with Crippen molar-refractivity contribution in [3.63, 3.8) is 0 Å². The van der Waals surface area contributed by atoms with E-state index >= 15 is 0 Å². The average Bonchev–Trinajstić information content (AvgIpc) is 2.58. The number of hydrogen-bond acceptors (Lipinski definition) is 4. The highest BCUT2D eigenvalue weighted by molar-refractivity contribution is 5.98. The maximum Gasteiger partial charge on any atom is 0.275 e. The summed E-state index contributed by atoms with van der Waals surface area (Å²) in [6.45, 7) is 2.05. The van der Waals surface area contributed by atoms with Crippen molar-refractivity contribution in [2.45, 2.75) is 45.4 Å². The largest absolute Gasteiger partial charge is 0.504 e. The summed E-state index contributed by atoms with van der Waals surface area (Å²) in [4.78, 5) is 12.4. The summed E-state index contributed by atoms with van der Waals surface area (Å²) in [5, 5.41) is 14.6. The van der Waals surface area contributed by atoms with Gasteiger partial charge in [0.05, 0.1) is 12.7 Å². The van der Waals surface area contributed by atoms with E-state index in [1.54, 1.807) is 18.2 Å². The lowest BCUT2D eigenvalue weighted by Crippen LogP contribution is -2.49. The van der Waals surface area contributed by atoms with Crippen molar-refractivity contribution in [3.8, 4) is 11.5 Å². The first-order chi connectivity index (χ1) is 12.0. The van der Waals surface area contributed by atoms with Gasteiger partial charge in [-0.25, -0.2) is 5.43 Å². The molecule has 0 aliphatic heterocycles. The summed E-state index contributed by atoms with van der Waals surface area (Å²) in [5.41, 5.74) is 4.05. The van der Waals surface area contributed by atoms with Crippen LogP contribution >= 0.6 is 0 Å². The Morgan fingerprint density at radius 2 is 1.80 bits per heavy atom. The van der Waals surface area contributed by atoms with Crippen LogP contribution in [0.2, 0.25) is 0 Å². The van der Waals surface area contributed by atoms with Gasteiger partial charge in [-0.3, -0.25) is 4.79 Å². The minimum Gasteiger partial charge on any atom is -0.504 e. The molecule has 1 amide bonds. The van der Waals surface area contributed by atoms with Crippen molar-refractivity contribution in [1.82, 2.24) is 5.43 Å². The summed E-state index contributed by atoms with van der Waals surface area (Å²) >= 11 is 0. The molecule has 5 heteroatoms. The van der Waals surface area contributed by atoms with E-state index in [0.717, 1.165) is 23.5 Å². The number of phenols is 1. The fraction of sp³-hybridized carbons (Fsp3) is 0.600. The van der Waals surface area contributed by atoms with Gasteiger partial charge in [-0.05, 0) is 75.3 Å². The molecule has 5 nitrogen and oxygen atoms in total. The predicted molar refractivity (Wildman–Crippen MR) is 95.8 cm³/mol. The third-order valence-electron chi connectivity index (χ3n) is 6.59. The van der Waals surface area contributed by atoms with Crippen LogP contribution in [0.4, 0.5) is 0 Å². The number of nitrogens with zero attached hydrogens (tertiary/aromatic N) is 1. The molecule has 4 aliphatic carbocycles. The van der Waals surface area contributed by atoms with Crippen molar-refractivity contribution >= 4 is 11.6 Å². The molecule has 4 bridgehead atoms. The quantitative estimate of drug-likeness (QED) is 0.647. The smallest absolute Gasteiger partial charge is 0.275 e.